The maximum Gasteiger partial charge on any atom is 0.331 e. The van der Waals surface area contributed by atoms with Crippen LogP contribution in [0.2, 0.25) is 0 Å². The topological polar surface area (TPSA) is 90.0 Å². The van der Waals surface area contributed by atoms with E-state index < -0.39 is 21.8 Å². The fourth-order valence-corrected chi connectivity index (χ4v) is 3.39. The Balaban J connectivity index is 2.31. The quantitative estimate of drug-likeness (QED) is 0.374. The predicted octanol–water partition coefficient (Wildman–Crippen LogP) is -0.683. The maximum absolute atomic E-state index is 11.3. The van der Waals surface area contributed by atoms with E-state index in [1.807, 2.05) is 0 Å². The summed E-state index contributed by atoms with van der Waals surface area (Å²) in [5, 5.41) is 0. The molecule has 0 radical (unpaired) electrons. The SMILES string of the molecule is COC(=O)C=CC(=O)OCCN1CCS(=O)(=O)CC1=S. The second-order valence-electron chi connectivity index (χ2n) is 4.00. The lowest BCUT2D eigenvalue weighted by Gasteiger charge is -2.28. The van der Waals surface area contributed by atoms with Crippen molar-refractivity contribution in [2.24, 2.45) is 0 Å². The molecule has 1 heterocycles. The first-order valence-electron chi connectivity index (χ1n) is 5.75. The number of carbonyl (C=O) groups excluding carboxylic acids is 2. The van der Waals surface area contributed by atoms with Crippen molar-refractivity contribution in [3.8, 4) is 0 Å². The Morgan fingerprint density at radius 3 is 2.60 bits per heavy atom. The zero-order valence-electron chi connectivity index (χ0n) is 10.9. The second-order valence-corrected chi connectivity index (χ2v) is 6.65. The molecule has 0 unspecified atom stereocenters. The van der Waals surface area contributed by atoms with Crippen molar-refractivity contribution in [3.63, 3.8) is 0 Å². The summed E-state index contributed by atoms with van der Waals surface area (Å²) in [4.78, 5) is 24.0. The average Bonchev–Trinajstić information content (AvgIpc) is 2.37. The lowest BCUT2D eigenvalue weighted by Crippen LogP contribution is -2.45. The summed E-state index contributed by atoms with van der Waals surface area (Å²) in [7, 11) is -1.88. The summed E-state index contributed by atoms with van der Waals surface area (Å²) in [5.74, 6) is -1.42. The standard InChI is InChI=1S/C11H15NO6S2/c1-17-10(13)2-3-11(14)18-6-4-12-5-7-20(15,16)8-9(12)19/h2-3H,4-8H2,1H3. The Bertz CT molecular complexity index is 525. The minimum atomic E-state index is -3.08. The summed E-state index contributed by atoms with van der Waals surface area (Å²) in [6.07, 6.45) is 1.92. The molecule has 0 aromatic heterocycles. The second kappa shape index (κ2) is 7.34. The van der Waals surface area contributed by atoms with Gasteiger partial charge in [-0.25, -0.2) is 18.0 Å². The lowest BCUT2D eigenvalue weighted by molar-refractivity contribution is -0.139. The van der Waals surface area contributed by atoms with E-state index in [4.69, 9.17) is 17.0 Å². The first-order chi connectivity index (χ1) is 9.34. The molecule has 1 rings (SSSR count). The number of sulfone groups is 1. The van der Waals surface area contributed by atoms with Gasteiger partial charge in [-0.3, -0.25) is 0 Å². The van der Waals surface area contributed by atoms with Crippen LogP contribution in [0.15, 0.2) is 12.2 Å². The van der Waals surface area contributed by atoms with E-state index in [0.29, 0.717) is 18.1 Å². The van der Waals surface area contributed by atoms with Gasteiger partial charge in [-0.05, 0) is 0 Å². The van der Waals surface area contributed by atoms with Gasteiger partial charge >= 0.3 is 11.9 Å². The zero-order chi connectivity index (χ0) is 15.2. The molecule has 0 saturated carbocycles. The van der Waals surface area contributed by atoms with Crippen molar-refractivity contribution in [1.29, 1.82) is 0 Å². The molecule has 0 atom stereocenters. The van der Waals surface area contributed by atoms with Gasteiger partial charge in [0.25, 0.3) is 0 Å². The molecule has 0 aromatic rings. The highest BCUT2D eigenvalue weighted by atomic mass is 32.2. The minimum absolute atomic E-state index is 0.0450. The van der Waals surface area contributed by atoms with Crippen LogP contribution in [0, 0.1) is 0 Å². The molecule has 0 spiro atoms. The minimum Gasteiger partial charge on any atom is -0.466 e. The van der Waals surface area contributed by atoms with E-state index in [9.17, 15) is 18.0 Å². The molecule has 112 valence electrons. The van der Waals surface area contributed by atoms with Gasteiger partial charge in [-0.1, -0.05) is 12.2 Å². The molecule has 0 bridgehead atoms. The first kappa shape index (κ1) is 16.6. The number of esters is 2. The highest BCUT2D eigenvalue weighted by Crippen LogP contribution is 2.06. The van der Waals surface area contributed by atoms with Crippen LogP contribution in [-0.4, -0.2) is 68.6 Å². The zero-order valence-corrected chi connectivity index (χ0v) is 12.5. The van der Waals surface area contributed by atoms with Gasteiger partial charge in [-0.2, -0.15) is 0 Å². The highest BCUT2D eigenvalue weighted by molar-refractivity contribution is 7.94. The molecular weight excluding hydrogens is 306 g/mol. The van der Waals surface area contributed by atoms with E-state index in [-0.39, 0.29) is 18.1 Å². The van der Waals surface area contributed by atoms with Gasteiger partial charge in [0.2, 0.25) is 0 Å². The van der Waals surface area contributed by atoms with E-state index in [2.05, 4.69) is 4.74 Å². The van der Waals surface area contributed by atoms with Crippen LogP contribution in [0.5, 0.6) is 0 Å². The Labute approximate surface area is 122 Å². The normalized spacial score (nSPS) is 18.1. The number of ether oxygens (including phenoxy) is 2. The highest BCUT2D eigenvalue weighted by Gasteiger charge is 2.25. The number of hydrogen-bond donors (Lipinski definition) is 0. The number of rotatable bonds is 5. The monoisotopic (exact) mass is 321 g/mol. The Morgan fingerprint density at radius 1 is 1.35 bits per heavy atom. The van der Waals surface area contributed by atoms with Crippen LogP contribution >= 0.6 is 12.2 Å². The first-order valence-corrected chi connectivity index (χ1v) is 7.98. The molecule has 1 fully saturated rings. The van der Waals surface area contributed by atoms with E-state index in [1.165, 1.54) is 7.11 Å². The molecule has 0 N–H and O–H groups in total. The number of nitrogens with zero attached hydrogens (tertiary/aromatic N) is 1. The molecule has 0 aromatic carbocycles. The van der Waals surface area contributed by atoms with Crippen molar-refractivity contribution in [2.45, 2.75) is 0 Å². The summed E-state index contributed by atoms with van der Waals surface area (Å²) >= 11 is 4.99. The van der Waals surface area contributed by atoms with E-state index in [0.717, 1.165) is 12.2 Å². The molecule has 1 saturated heterocycles. The van der Waals surface area contributed by atoms with Gasteiger partial charge in [-0.15, -0.1) is 0 Å². The Hall–Kier alpha value is -1.48. The molecular formula is C11H15NO6S2. The van der Waals surface area contributed by atoms with Crippen molar-refractivity contribution in [2.75, 3.05) is 38.3 Å². The third-order valence-electron chi connectivity index (χ3n) is 2.53. The van der Waals surface area contributed by atoms with Gasteiger partial charge < -0.3 is 14.4 Å². The molecule has 0 aliphatic carbocycles. The Kier molecular flexibility index (Phi) is 6.08. The van der Waals surface area contributed by atoms with E-state index in [1.54, 1.807) is 4.90 Å². The summed E-state index contributed by atoms with van der Waals surface area (Å²) in [6, 6.07) is 0. The fourth-order valence-electron chi connectivity index (χ4n) is 1.47. The third kappa shape index (κ3) is 5.66. The van der Waals surface area contributed by atoms with Gasteiger partial charge in [0.05, 0.1) is 24.4 Å². The van der Waals surface area contributed by atoms with Crippen molar-refractivity contribution >= 4 is 39.0 Å². The van der Waals surface area contributed by atoms with Crippen LogP contribution in [0.4, 0.5) is 0 Å². The maximum atomic E-state index is 11.3. The van der Waals surface area contributed by atoms with Crippen LogP contribution < -0.4 is 0 Å². The van der Waals surface area contributed by atoms with Crippen LogP contribution in [0.3, 0.4) is 0 Å². The fraction of sp³-hybridized carbons (Fsp3) is 0.545. The number of methoxy groups -OCH3 is 1. The largest absolute Gasteiger partial charge is 0.466 e. The number of carbonyl (C=O) groups is 2. The molecule has 0 amide bonds. The molecule has 7 nitrogen and oxygen atoms in total. The van der Waals surface area contributed by atoms with Crippen molar-refractivity contribution < 1.29 is 27.5 Å². The van der Waals surface area contributed by atoms with Gasteiger partial charge in [0.15, 0.2) is 9.84 Å². The van der Waals surface area contributed by atoms with Crippen LogP contribution in [0.1, 0.15) is 0 Å². The smallest absolute Gasteiger partial charge is 0.331 e. The summed E-state index contributed by atoms with van der Waals surface area (Å²) < 4.78 is 31.8. The number of hydrogen-bond acceptors (Lipinski definition) is 7. The Morgan fingerprint density at radius 2 is 2.00 bits per heavy atom. The van der Waals surface area contributed by atoms with Gasteiger partial charge in [0, 0.05) is 18.7 Å². The van der Waals surface area contributed by atoms with Crippen molar-refractivity contribution in [1.82, 2.24) is 4.90 Å². The molecule has 1 aliphatic heterocycles. The van der Waals surface area contributed by atoms with Crippen LogP contribution in [0.25, 0.3) is 0 Å². The van der Waals surface area contributed by atoms with Crippen LogP contribution in [-0.2, 0) is 28.9 Å². The van der Waals surface area contributed by atoms with Gasteiger partial charge in [0.1, 0.15) is 12.4 Å². The number of thiocarbonyl (C=S) groups is 1. The molecule has 20 heavy (non-hydrogen) atoms. The predicted molar refractivity (Wildman–Crippen MR) is 74.9 cm³/mol. The molecule has 1 aliphatic rings. The third-order valence-corrected chi connectivity index (χ3v) is 4.63. The van der Waals surface area contributed by atoms with E-state index >= 15 is 0 Å². The summed E-state index contributed by atoms with van der Waals surface area (Å²) in [5.41, 5.74) is 0. The van der Waals surface area contributed by atoms with Crippen molar-refractivity contribution in [3.05, 3.63) is 12.2 Å². The summed E-state index contributed by atoms with van der Waals surface area (Å²) in [6.45, 7) is 0.688. The molecule has 9 heteroatoms. The lowest BCUT2D eigenvalue weighted by atomic mass is 10.4. The average molecular weight is 321 g/mol.